The molecule has 26 heavy (non-hydrogen) atoms. The molecule has 7 heteroatoms. The average molecular weight is 350 g/mol. The molecule has 0 atom stereocenters. The van der Waals surface area contributed by atoms with Crippen LogP contribution >= 0.6 is 0 Å². The summed E-state index contributed by atoms with van der Waals surface area (Å²) in [5, 5.41) is 18.1. The van der Waals surface area contributed by atoms with E-state index in [0.717, 1.165) is 5.56 Å². The van der Waals surface area contributed by atoms with Crippen LogP contribution in [0.3, 0.4) is 0 Å². The van der Waals surface area contributed by atoms with E-state index in [4.69, 9.17) is 10.2 Å². The second-order valence-corrected chi connectivity index (χ2v) is 5.59. The van der Waals surface area contributed by atoms with E-state index < -0.39 is 17.7 Å². The number of carbonyl (C=O) groups is 3. The van der Waals surface area contributed by atoms with Gasteiger partial charge in [-0.1, -0.05) is 48.5 Å². The van der Waals surface area contributed by atoms with Crippen LogP contribution in [0.5, 0.6) is 0 Å². The second-order valence-electron chi connectivity index (χ2n) is 5.59. The SMILES string of the molecule is O=C(O)C(=O)c1ccccc1-c1ccc(Cn2cncc2C(=O)O)cc1. The lowest BCUT2D eigenvalue weighted by molar-refractivity contribution is -0.131. The maximum atomic E-state index is 11.9. The molecule has 0 radical (unpaired) electrons. The number of benzene rings is 2. The number of Topliss-reactive ketones (excluding diaryl/α,β-unsaturated/α-hetero) is 1. The van der Waals surface area contributed by atoms with E-state index in [9.17, 15) is 14.4 Å². The van der Waals surface area contributed by atoms with Crippen molar-refractivity contribution in [1.29, 1.82) is 0 Å². The van der Waals surface area contributed by atoms with Crippen molar-refractivity contribution < 1.29 is 24.6 Å². The highest BCUT2D eigenvalue weighted by Crippen LogP contribution is 2.25. The molecule has 1 aromatic heterocycles. The molecule has 0 saturated carbocycles. The van der Waals surface area contributed by atoms with Crippen molar-refractivity contribution in [2.75, 3.05) is 0 Å². The monoisotopic (exact) mass is 350 g/mol. The fourth-order valence-electron chi connectivity index (χ4n) is 2.66. The lowest BCUT2D eigenvalue weighted by atomic mass is 9.96. The third-order valence-corrected chi connectivity index (χ3v) is 3.92. The predicted octanol–water partition coefficient (Wildman–Crippen LogP) is 2.56. The van der Waals surface area contributed by atoms with Crippen molar-refractivity contribution in [3.05, 3.63) is 77.9 Å². The van der Waals surface area contributed by atoms with E-state index in [1.807, 2.05) is 0 Å². The van der Waals surface area contributed by atoms with Crippen LogP contribution in [0.4, 0.5) is 0 Å². The smallest absolute Gasteiger partial charge is 0.377 e. The number of nitrogens with zero attached hydrogens (tertiary/aromatic N) is 2. The molecule has 7 nitrogen and oxygen atoms in total. The number of aromatic nitrogens is 2. The summed E-state index contributed by atoms with van der Waals surface area (Å²) in [7, 11) is 0. The maximum absolute atomic E-state index is 11.9. The molecule has 0 fully saturated rings. The van der Waals surface area contributed by atoms with E-state index in [2.05, 4.69) is 4.98 Å². The van der Waals surface area contributed by atoms with Crippen molar-refractivity contribution in [3.8, 4) is 11.1 Å². The highest BCUT2D eigenvalue weighted by molar-refractivity contribution is 6.41. The molecule has 0 spiro atoms. The maximum Gasteiger partial charge on any atom is 0.377 e. The Labute approximate surface area is 148 Å². The Morgan fingerprint density at radius 3 is 2.31 bits per heavy atom. The highest BCUT2D eigenvalue weighted by atomic mass is 16.4. The molecular formula is C19H14N2O5. The standard InChI is InChI=1S/C19H14N2O5/c22-17(19(25)26)15-4-2-1-3-14(15)13-7-5-12(6-8-13)10-21-11-20-9-16(21)18(23)24/h1-9,11H,10H2,(H,23,24)(H,25,26). The van der Waals surface area contributed by atoms with Crippen molar-refractivity contribution in [2.45, 2.75) is 6.54 Å². The number of aliphatic carboxylic acids is 1. The minimum atomic E-state index is -1.50. The van der Waals surface area contributed by atoms with Gasteiger partial charge < -0.3 is 14.8 Å². The van der Waals surface area contributed by atoms with Gasteiger partial charge in [0.1, 0.15) is 5.69 Å². The molecule has 0 unspecified atom stereocenters. The van der Waals surface area contributed by atoms with Crippen LogP contribution in [0, 0.1) is 0 Å². The Morgan fingerprint density at radius 2 is 1.65 bits per heavy atom. The molecular weight excluding hydrogens is 336 g/mol. The van der Waals surface area contributed by atoms with Crippen LogP contribution in [0.15, 0.2) is 61.1 Å². The van der Waals surface area contributed by atoms with Gasteiger partial charge in [-0.15, -0.1) is 0 Å². The van der Waals surface area contributed by atoms with Crippen molar-refractivity contribution in [1.82, 2.24) is 9.55 Å². The molecule has 0 amide bonds. The summed E-state index contributed by atoms with van der Waals surface area (Å²) in [6.07, 6.45) is 2.72. The van der Waals surface area contributed by atoms with E-state index in [1.165, 1.54) is 23.2 Å². The van der Waals surface area contributed by atoms with Crippen LogP contribution in [0.1, 0.15) is 26.4 Å². The van der Waals surface area contributed by atoms with Crippen LogP contribution in [0.2, 0.25) is 0 Å². The number of rotatable bonds is 6. The van der Waals surface area contributed by atoms with E-state index in [0.29, 0.717) is 17.7 Å². The first kappa shape index (κ1) is 17.1. The van der Waals surface area contributed by atoms with Gasteiger partial charge in [0, 0.05) is 12.1 Å². The van der Waals surface area contributed by atoms with Gasteiger partial charge in [-0.25, -0.2) is 14.6 Å². The number of hydrogen-bond donors (Lipinski definition) is 2. The van der Waals surface area contributed by atoms with Crippen LogP contribution in [0.25, 0.3) is 11.1 Å². The summed E-state index contributed by atoms with van der Waals surface area (Å²) in [5.74, 6) is -3.52. The van der Waals surface area contributed by atoms with Crippen LogP contribution < -0.4 is 0 Å². The number of hydrogen-bond acceptors (Lipinski definition) is 4. The Kier molecular flexibility index (Phi) is 4.62. The van der Waals surface area contributed by atoms with Crippen LogP contribution in [-0.4, -0.2) is 37.5 Å². The number of carboxylic acid groups (broad SMARTS) is 2. The largest absolute Gasteiger partial charge is 0.477 e. The Hall–Kier alpha value is -3.74. The number of ketones is 1. The van der Waals surface area contributed by atoms with Crippen LogP contribution in [-0.2, 0) is 11.3 Å². The van der Waals surface area contributed by atoms with E-state index in [1.54, 1.807) is 42.5 Å². The summed E-state index contributed by atoms with van der Waals surface area (Å²) in [6, 6.07) is 13.6. The summed E-state index contributed by atoms with van der Waals surface area (Å²) in [4.78, 5) is 37.8. The normalized spacial score (nSPS) is 10.5. The minimum absolute atomic E-state index is 0.0893. The molecule has 0 aliphatic heterocycles. The van der Waals surface area contributed by atoms with Gasteiger partial charge in [-0.05, 0) is 16.7 Å². The third-order valence-electron chi connectivity index (χ3n) is 3.92. The summed E-state index contributed by atoms with van der Waals surface area (Å²) < 4.78 is 1.51. The number of imidazole rings is 1. The lowest BCUT2D eigenvalue weighted by Crippen LogP contribution is -2.13. The topological polar surface area (TPSA) is 109 Å². The van der Waals surface area contributed by atoms with Gasteiger partial charge in [0.25, 0.3) is 5.78 Å². The molecule has 0 aliphatic carbocycles. The molecule has 0 saturated heterocycles. The van der Waals surface area contributed by atoms with E-state index >= 15 is 0 Å². The fourth-order valence-corrected chi connectivity index (χ4v) is 2.66. The Bertz CT molecular complexity index is 989. The molecule has 130 valence electrons. The van der Waals surface area contributed by atoms with Gasteiger partial charge in [-0.3, -0.25) is 4.79 Å². The zero-order valence-electron chi connectivity index (χ0n) is 13.5. The first-order chi connectivity index (χ1) is 12.5. The second kappa shape index (κ2) is 7.02. The van der Waals surface area contributed by atoms with Gasteiger partial charge in [0.05, 0.1) is 12.5 Å². The van der Waals surface area contributed by atoms with Gasteiger partial charge >= 0.3 is 11.9 Å². The molecule has 2 aromatic carbocycles. The van der Waals surface area contributed by atoms with E-state index in [-0.39, 0.29) is 11.3 Å². The molecule has 0 bridgehead atoms. The number of aromatic carboxylic acids is 1. The molecule has 2 N–H and O–H groups in total. The number of carbonyl (C=O) groups excluding carboxylic acids is 1. The zero-order chi connectivity index (χ0) is 18.7. The first-order valence-corrected chi connectivity index (χ1v) is 7.66. The summed E-state index contributed by atoms with van der Waals surface area (Å²) in [6.45, 7) is 0.331. The minimum Gasteiger partial charge on any atom is -0.477 e. The van der Waals surface area contributed by atoms with Gasteiger partial charge in [-0.2, -0.15) is 0 Å². The highest BCUT2D eigenvalue weighted by Gasteiger charge is 2.18. The first-order valence-electron chi connectivity index (χ1n) is 7.66. The molecule has 3 rings (SSSR count). The third kappa shape index (κ3) is 3.36. The van der Waals surface area contributed by atoms with Crippen molar-refractivity contribution in [2.24, 2.45) is 0 Å². The number of carboxylic acids is 2. The van der Waals surface area contributed by atoms with Crippen molar-refractivity contribution >= 4 is 17.7 Å². The summed E-state index contributed by atoms with van der Waals surface area (Å²) in [5.41, 5.74) is 2.28. The Balaban J connectivity index is 1.89. The lowest BCUT2D eigenvalue weighted by Gasteiger charge is -2.09. The Morgan fingerprint density at radius 1 is 0.962 bits per heavy atom. The predicted molar refractivity (Wildman–Crippen MR) is 92.1 cm³/mol. The summed E-state index contributed by atoms with van der Waals surface area (Å²) >= 11 is 0. The zero-order valence-corrected chi connectivity index (χ0v) is 13.5. The average Bonchev–Trinajstić information content (AvgIpc) is 3.10. The molecule has 1 heterocycles. The molecule has 0 aliphatic rings. The molecule has 3 aromatic rings. The van der Waals surface area contributed by atoms with Crippen molar-refractivity contribution in [3.63, 3.8) is 0 Å². The fraction of sp³-hybridized carbons (Fsp3) is 0.0526. The van der Waals surface area contributed by atoms with Gasteiger partial charge in [0.15, 0.2) is 0 Å². The quantitative estimate of drug-likeness (QED) is 0.522. The van der Waals surface area contributed by atoms with Gasteiger partial charge in [0.2, 0.25) is 0 Å².